The number of rotatable bonds is 2. The fourth-order valence-electron chi connectivity index (χ4n) is 2.36. The van der Waals surface area contributed by atoms with Crippen molar-refractivity contribution in [2.24, 2.45) is 0 Å². The molecule has 88 valence electrons. The van der Waals surface area contributed by atoms with Crippen LogP contribution in [0.4, 0.5) is 11.5 Å². The number of aromatic nitrogens is 2. The van der Waals surface area contributed by atoms with Gasteiger partial charge in [-0.3, -0.25) is 0 Å². The van der Waals surface area contributed by atoms with E-state index in [1.165, 1.54) is 12.8 Å². The lowest BCUT2D eigenvalue weighted by molar-refractivity contribution is 0.941. The van der Waals surface area contributed by atoms with Crippen molar-refractivity contribution < 1.29 is 0 Å². The van der Waals surface area contributed by atoms with Crippen molar-refractivity contribution >= 4 is 22.5 Å². The maximum atomic E-state index is 4.64. The van der Waals surface area contributed by atoms with Crippen molar-refractivity contribution in [3.63, 3.8) is 0 Å². The predicted octanol–water partition coefficient (Wildman–Crippen LogP) is 2.27. The molecule has 0 atom stereocenters. The molecule has 4 nitrogen and oxygen atoms in total. The van der Waals surface area contributed by atoms with Crippen molar-refractivity contribution in [1.82, 2.24) is 9.97 Å². The summed E-state index contributed by atoms with van der Waals surface area (Å²) in [6, 6.07) is 6.17. The zero-order valence-electron chi connectivity index (χ0n) is 9.98. The van der Waals surface area contributed by atoms with Crippen LogP contribution < -0.4 is 10.2 Å². The average Bonchev–Trinajstić information content (AvgIpc) is 2.91. The van der Waals surface area contributed by atoms with Gasteiger partial charge in [0.25, 0.3) is 0 Å². The van der Waals surface area contributed by atoms with Crippen molar-refractivity contribution in [3.05, 3.63) is 24.4 Å². The lowest BCUT2D eigenvalue weighted by Gasteiger charge is -2.16. The third-order valence-electron chi connectivity index (χ3n) is 3.29. The SMILES string of the molecule is CNc1ccnc2nc(N3CCCC3)ccc12. The van der Waals surface area contributed by atoms with Crippen LogP contribution in [0.2, 0.25) is 0 Å². The van der Waals surface area contributed by atoms with Crippen LogP contribution in [-0.4, -0.2) is 30.1 Å². The van der Waals surface area contributed by atoms with Crippen LogP contribution in [0.1, 0.15) is 12.8 Å². The van der Waals surface area contributed by atoms with Gasteiger partial charge in [0.1, 0.15) is 5.82 Å². The molecule has 1 N–H and O–H groups in total. The monoisotopic (exact) mass is 228 g/mol. The molecule has 3 rings (SSSR count). The number of hydrogen-bond donors (Lipinski definition) is 1. The zero-order valence-corrected chi connectivity index (χ0v) is 9.98. The fraction of sp³-hybridized carbons (Fsp3) is 0.385. The van der Waals surface area contributed by atoms with Crippen LogP contribution in [0.3, 0.4) is 0 Å². The van der Waals surface area contributed by atoms with Gasteiger partial charge in [-0.2, -0.15) is 0 Å². The largest absolute Gasteiger partial charge is 0.387 e. The number of fused-ring (bicyclic) bond motifs is 1. The Bertz CT molecular complexity index is 532. The Morgan fingerprint density at radius 2 is 2.00 bits per heavy atom. The highest BCUT2D eigenvalue weighted by atomic mass is 15.2. The number of nitrogens with one attached hydrogen (secondary N) is 1. The Morgan fingerprint density at radius 1 is 1.18 bits per heavy atom. The first-order chi connectivity index (χ1) is 8.38. The van der Waals surface area contributed by atoms with Crippen LogP contribution in [0, 0.1) is 0 Å². The summed E-state index contributed by atoms with van der Waals surface area (Å²) >= 11 is 0. The third-order valence-corrected chi connectivity index (χ3v) is 3.29. The first kappa shape index (κ1) is 10.3. The molecule has 0 unspecified atom stereocenters. The minimum Gasteiger partial charge on any atom is -0.387 e. The molecular formula is C13H16N4. The molecule has 1 saturated heterocycles. The Hall–Kier alpha value is -1.84. The molecule has 1 fully saturated rings. The minimum atomic E-state index is 0.821. The summed E-state index contributed by atoms with van der Waals surface area (Å²) in [4.78, 5) is 11.3. The molecule has 2 aromatic rings. The molecule has 0 bridgehead atoms. The summed E-state index contributed by atoms with van der Waals surface area (Å²) in [5.74, 6) is 1.05. The van der Waals surface area contributed by atoms with Crippen molar-refractivity contribution in [3.8, 4) is 0 Å². The normalized spacial score (nSPS) is 15.5. The van der Waals surface area contributed by atoms with E-state index in [-0.39, 0.29) is 0 Å². The van der Waals surface area contributed by atoms with Crippen LogP contribution >= 0.6 is 0 Å². The van der Waals surface area contributed by atoms with E-state index in [1.807, 2.05) is 13.1 Å². The molecule has 0 aliphatic carbocycles. The highest BCUT2D eigenvalue weighted by Crippen LogP contribution is 2.24. The first-order valence-electron chi connectivity index (χ1n) is 6.07. The zero-order chi connectivity index (χ0) is 11.7. The second-order valence-electron chi connectivity index (χ2n) is 4.34. The van der Waals surface area contributed by atoms with Gasteiger partial charge in [0.15, 0.2) is 5.65 Å². The molecule has 0 saturated carbocycles. The molecule has 17 heavy (non-hydrogen) atoms. The van der Waals surface area contributed by atoms with E-state index in [0.29, 0.717) is 0 Å². The number of nitrogens with zero attached hydrogens (tertiary/aromatic N) is 3. The van der Waals surface area contributed by atoms with Crippen molar-refractivity contribution in [2.45, 2.75) is 12.8 Å². The summed E-state index contributed by atoms with van der Waals surface area (Å²) in [6.07, 6.45) is 4.34. The average molecular weight is 228 g/mol. The van der Waals surface area contributed by atoms with E-state index < -0.39 is 0 Å². The van der Waals surface area contributed by atoms with E-state index in [1.54, 1.807) is 6.20 Å². The Labute approximate surface area is 101 Å². The first-order valence-corrected chi connectivity index (χ1v) is 6.07. The van der Waals surface area contributed by atoms with Gasteiger partial charge in [-0.25, -0.2) is 9.97 Å². The topological polar surface area (TPSA) is 41.1 Å². The Kier molecular flexibility index (Phi) is 2.55. The maximum absolute atomic E-state index is 4.64. The molecule has 0 aromatic carbocycles. The lowest BCUT2D eigenvalue weighted by atomic mass is 10.2. The number of hydrogen-bond acceptors (Lipinski definition) is 4. The van der Waals surface area contributed by atoms with Gasteiger partial charge < -0.3 is 10.2 Å². The maximum Gasteiger partial charge on any atom is 0.163 e. The van der Waals surface area contributed by atoms with Crippen LogP contribution in [0.15, 0.2) is 24.4 Å². The quantitative estimate of drug-likeness (QED) is 0.856. The fourth-order valence-corrected chi connectivity index (χ4v) is 2.36. The van der Waals surface area contributed by atoms with E-state index in [0.717, 1.165) is 35.6 Å². The van der Waals surface area contributed by atoms with Gasteiger partial charge in [0.05, 0.1) is 0 Å². The summed E-state index contributed by atoms with van der Waals surface area (Å²) < 4.78 is 0. The van der Waals surface area contributed by atoms with E-state index in [4.69, 9.17) is 0 Å². The Morgan fingerprint density at radius 3 is 2.76 bits per heavy atom. The lowest BCUT2D eigenvalue weighted by Crippen LogP contribution is -2.18. The molecule has 0 spiro atoms. The molecule has 0 radical (unpaired) electrons. The number of pyridine rings is 2. The van der Waals surface area contributed by atoms with E-state index in [9.17, 15) is 0 Å². The minimum absolute atomic E-state index is 0.821. The van der Waals surface area contributed by atoms with Gasteiger partial charge in [-0.15, -0.1) is 0 Å². The molecular weight excluding hydrogens is 212 g/mol. The van der Waals surface area contributed by atoms with Crippen LogP contribution in [0.25, 0.3) is 11.0 Å². The van der Waals surface area contributed by atoms with Gasteiger partial charge in [-0.05, 0) is 31.0 Å². The van der Waals surface area contributed by atoms with Gasteiger partial charge >= 0.3 is 0 Å². The van der Waals surface area contributed by atoms with Gasteiger partial charge in [0, 0.05) is 37.4 Å². The highest BCUT2D eigenvalue weighted by molar-refractivity contribution is 5.89. The molecule has 1 aliphatic heterocycles. The predicted molar refractivity (Wildman–Crippen MR) is 70.5 cm³/mol. The summed E-state index contributed by atoms with van der Waals surface area (Å²) in [5, 5.41) is 4.25. The molecule has 3 heterocycles. The molecule has 1 aliphatic rings. The molecule has 4 heteroatoms. The summed E-state index contributed by atoms with van der Waals surface area (Å²) in [7, 11) is 1.92. The second-order valence-corrected chi connectivity index (χ2v) is 4.34. The van der Waals surface area contributed by atoms with Gasteiger partial charge in [-0.1, -0.05) is 0 Å². The summed E-state index contributed by atoms with van der Waals surface area (Å²) in [5.41, 5.74) is 1.90. The van der Waals surface area contributed by atoms with E-state index >= 15 is 0 Å². The molecule has 0 amide bonds. The number of anilines is 2. The standard InChI is InChI=1S/C13H16N4/c1-14-11-6-7-15-13-10(11)4-5-12(16-13)17-8-2-3-9-17/h4-7H,2-3,8-9H2,1H3,(H,14,15,16). The summed E-state index contributed by atoms with van der Waals surface area (Å²) in [6.45, 7) is 2.23. The van der Waals surface area contributed by atoms with Crippen molar-refractivity contribution in [1.29, 1.82) is 0 Å². The Balaban J connectivity index is 2.07. The molecule has 2 aromatic heterocycles. The third kappa shape index (κ3) is 1.79. The van der Waals surface area contributed by atoms with Crippen LogP contribution in [0.5, 0.6) is 0 Å². The van der Waals surface area contributed by atoms with Crippen LogP contribution in [-0.2, 0) is 0 Å². The smallest absolute Gasteiger partial charge is 0.163 e. The second kappa shape index (κ2) is 4.20. The van der Waals surface area contributed by atoms with Crippen molar-refractivity contribution in [2.75, 3.05) is 30.4 Å². The highest BCUT2D eigenvalue weighted by Gasteiger charge is 2.14. The van der Waals surface area contributed by atoms with E-state index in [2.05, 4.69) is 32.3 Å². The van der Waals surface area contributed by atoms with Gasteiger partial charge in [0.2, 0.25) is 0 Å².